The first-order chi connectivity index (χ1) is 12.6. The van der Waals surface area contributed by atoms with E-state index >= 15 is 0 Å². The molecule has 2 aliphatic heterocycles. The minimum atomic E-state index is -0.578. The molecular formula is C19H27N3O4. The summed E-state index contributed by atoms with van der Waals surface area (Å²) in [6, 6.07) is 9.81. The lowest BCUT2D eigenvalue weighted by atomic mass is 9.97. The molecule has 2 aliphatic rings. The summed E-state index contributed by atoms with van der Waals surface area (Å²) in [5.74, 6) is -0.721. The van der Waals surface area contributed by atoms with Crippen molar-refractivity contribution >= 4 is 11.8 Å². The maximum atomic E-state index is 12.7. The van der Waals surface area contributed by atoms with Crippen LogP contribution in [0.4, 0.5) is 0 Å². The Balaban J connectivity index is 1.74. The minimum Gasteiger partial charge on any atom is -0.373 e. The number of ether oxygens (including phenoxy) is 2. The maximum Gasteiger partial charge on any atom is 0.249 e. The number of rotatable bonds is 7. The highest BCUT2D eigenvalue weighted by molar-refractivity contribution is 5.79. The predicted molar refractivity (Wildman–Crippen MR) is 96.3 cm³/mol. The highest BCUT2D eigenvalue weighted by atomic mass is 16.5. The summed E-state index contributed by atoms with van der Waals surface area (Å²) in [5, 5.41) is 0. The fourth-order valence-electron chi connectivity index (χ4n) is 3.75. The SMILES string of the molecule is NC(=O)COCC(=O)N1CCO[C@@H](CN2CCCC2)[C@@H]1c1ccccc1. The van der Waals surface area contributed by atoms with Gasteiger partial charge in [0.25, 0.3) is 0 Å². The van der Waals surface area contributed by atoms with Gasteiger partial charge in [-0.2, -0.15) is 0 Å². The number of amides is 2. The summed E-state index contributed by atoms with van der Waals surface area (Å²) < 4.78 is 11.2. The normalized spacial score (nSPS) is 23.9. The van der Waals surface area contributed by atoms with Crippen LogP contribution in [-0.2, 0) is 19.1 Å². The Labute approximate surface area is 154 Å². The van der Waals surface area contributed by atoms with Crippen LogP contribution in [0.2, 0.25) is 0 Å². The molecule has 0 bridgehead atoms. The number of benzene rings is 1. The van der Waals surface area contributed by atoms with E-state index in [4.69, 9.17) is 15.2 Å². The first-order valence-corrected chi connectivity index (χ1v) is 9.19. The van der Waals surface area contributed by atoms with E-state index in [2.05, 4.69) is 4.90 Å². The molecule has 3 rings (SSSR count). The van der Waals surface area contributed by atoms with Crippen LogP contribution in [0.3, 0.4) is 0 Å². The summed E-state index contributed by atoms with van der Waals surface area (Å²) in [6.45, 7) is 3.59. The Morgan fingerprint density at radius 2 is 1.85 bits per heavy atom. The van der Waals surface area contributed by atoms with Gasteiger partial charge in [0.2, 0.25) is 11.8 Å². The van der Waals surface area contributed by atoms with Crippen LogP contribution in [0.1, 0.15) is 24.4 Å². The summed E-state index contributed by atoms with van der Waals surface area (Å²) >= 11 is 0. The first-order valence-electron chi connectivity index (χ1n) is 9.19. The number of nitrogens with zero attached hydrogens (tertiary/aromatic N) is 2. The molecule has 2 N–H and O–H groups in total. The molecule has 0 spiro atoms. The lowest BCUT2D eigenvalue weighted by molar-refractivity contribution is -0.153. The van der Waals surface area contributed by atoms with E-state index in [9.17, 15) is 9.59 Å². The molecule has 2 fully saturated rings. The molecule has 0 aliphatic carbocycles. The standard InChI is InChI=1S/C19H27N3O4/c20-17(23)13-25-14-18(24)22-10-11-26-16(12-21-8-4-5-9-21)19(22)15-6-2-1-3-7-15/h1-3,6-7,16,19H,4-5,8-14H2,(H2,20,23)/t16-,19-/m0/s1. The quantitative estimate of drug-likeness (QED) is 0.767. The molecule has 2 saturated heterocycles. The van der Waals surface area contributed by atoms with Crippen molar-refractivity contribution in [3.63, 3.8) is 0 Å². The third-order valence-corrected chi connectivity index (χ3v) is 4.92. The second-order valence-corrected chi connectivity index (χ2v) is 6.82. The molecule has 0 unspecified atom stereocenters. The lowest BCUT2D eigenvalue weighted by Gasteiger charge is -2.42. The molecule has 0 saturated carbocycles. The number of hydrogen-bond acceptors (Lipinski definition) is 5. The zero-order chi connectivity index (χ0) is 18.4. The van der Waals surface area contributed by atoms with Crippen molar-refractivity contribution < 1.29 is 19.1 Å². The van der Waals surface area contributed by atoms with Gasteiger partial charge >= 0.3 is 0 Å². The van der Waals surface area contributed by atoms with Crippen molar-refractivity contribution in [2.24, 2.45) is 5.73 Å². The molecule has 1 aromatic carbocycles. The summed E-state index contributed by atoms with van der Waals surface area (Å²) in [6.07, 6.45) is 2.35. The monoisotopic (exact) mass is 361 g/mol. The van der Waals surface area contributed by atoms with Gasteiger partial charge in [0, 0.05) is 13.1 Å². The van der Waals surface area contributed by atoms with Crippen LogP contribution >= 0.6 is 0 Å². The topological polar surface area (TPSA) is 85.1 Å². The van der Waals surface area contributed by atoms with Crippen LogP contribution in [0, 0.1) is 0 Å². The van der Waals surface area contributed by atoms with Gasteiger partial charge in [-0.05, 0) is 31.5 Å². The maximum absolute atomic E-state index is 12.7. The van der Waals surface area contributed by atoms with E-state index in [0.29, 0.717) is 13.2 Å². The van der Waals surface area contributed by atoms with Crippen LogP contribution in [0.15, 0.2) is 30.3 Å². The molecule has 0 aromatic heterocycles. The average molecular weight is 361 g/mol. The van der Waals surface area contributed by atoms with Crippen molar-refractivity contribution in [3.05, 3.63) is 35.9 Å². The van der Waals surface area contributed by atoms with Crippen LogP contribution in [0.25, 0.3) is 0 Å². The highest BCUT2D eigenvalue weighted by Gasteiger charge is 2.37. The molecular weight excluding hydrogens is 334 g/mol. The fourth-order valence-corrected chi connectivity index (χ4v) is 3.75. The molecule has 142 valence electrons. The van der Waals surface area contributed by atoms with Gasteiger partial charge in [0.15, 0.2) is 0 Å². The number of hydrogen-bond donors (Lipinski definition) is 1. The fraction of sp³-hybridized carbons (Fsp3) is 0.579. The van der Waals surface area contributed by atoms with E-state index in [-0.39, 0.29) is 31.3 Å². The van der Waals surface area contributed by atoms with Crippen molar-refractivity contribution in [1.29, 1.82) is 0 Å². The Morgan fingerprint density at radius 1 is 1.12 bits per heavy atom. The van der Waals surface area contributed by atoms with Gasteiger partial charge in [-0.1, -0.05) is 30.3 Å². The van der Waals surface area contributed by atoms with E-state index < -0.39 is 5.91 Å². The van der Waals surface area contributed by atoms with Gasteiger partial charge in [-0.3, -0.25) is 9.59 Å². The highest BCUT2D eigenvalue weighted by Crippen LogP contribution is 2.31. The molecule has 1 aromatic rings. The number of primary amides is 1. The average Bonchev–Trinajstić information content (AvgIpc) is 3.15. The summed E-state index contributed by atoms with van der Waals surface area (Å²) in [7, 11) is 0. The number of nitrogens with two attached hydrogens (primary N) is 1. The summed E-state index contributed by atoms with van der Waals surface area (Å²) in [5.41, 5.74) is 6.13. The third-order valence-electron chi connectivity index (χ3n) is 4.92. The van der Waals surface area contributed by atoms with Crippen molar-refractivity contribution in [1.82, 2.24) is 9.80 Å². The van der Waals surface area contributed by atoms with E-state index in [1.807, 2.05) is 35.2 Å². The van der Waals surface area contributed by atoms with Gasteiger partial charge in [-0.25, -0.2) is 0 Å². The molecule has 7 nitrogen and oxygen atoms in total. The van der Waals surface area contributed by atoms with E-state index in [1.54, 1.807) is 0 Å². The van der Waals surface area contributed by atoms with Gasteiger partial charge in [0.05, 0.1) is 18.8 Å². The van der Waals surface area contributed by atoms with E-state index in [1.165, 1.54) is 12.8 Å². The van der Waals surface area contributed by atoms with Crippen molar-refractivity contribution in [2.45, 2.75) is 25.0 Å². The number of carbonyl (C=O) groups is 2. The lowest BCUT2D eigenvalue weighted by Crippen LogP contribution is -2.52. The van der Waals surface area contributed by atoms with Gasteiger partial charge < -0.3 is 25.0 Å². The number of morpholine rings is 1. The molecule has 2 heterocycles. The van der Waals surface area contributed by atoms with Crippen molar-refractivity contribution in [3.8, 4) is 0 Å². The van der Waals surface area contributed by atoms with Crippen LogP contribution in [-0.4, -0.2) is 73.7 Å². The zero-order valence-corrected chi connectivity index (χ0v) is 15.0. The third kappa shape index (κ3) is 4.81. The Kier molecular flexibility index (Phi) is 6.60. The van der Waals surface area contributed by atoms with Gasteiger partial charge in [0.1, 0.15) is 13.2 Å². The zero-order valence-electron chi connectivity index (χ0n) is 15.0. The molecule has 26 heavy (non-hydrogen) atoms. The number of likely N-dealkylation sites (tertiary alicyclic amines) is 1. The summed E-state index contributed by atoms with van der Waals surface area (Å²) in [4.78, 5) is 27.8. The van der Waals surface area contributed by atoms with E-state index in [0.717, 1.165) is 25.2 Å². The Morgan fingerprint density at radius 3 is 2.54 bits per heavy atom. The molecule has 2 atom stereocenters. The van der Waals surface area contributed by atoms with Crippen LogP contribution in [0.5, 0.6) is 0 Å². The Bertz CT molecular complexity index is 604. The number of carbonyl (C=O) groups excluding carboxylic acids is 2. The van der Waals surface area contributed by atoms with Gasteiger partial charge in [-0.15, -0.1) is 0 Å². The Hall–Kier alpha value is -1.96. The molecule has 2 amide bonds. The molecule has 7 heteroatoms. The first kappa shape index (κ1) is 18.8. The minimum absolute atomic E-state index is 0.0793. The second-order valence-electron chi connectivity index (χ2n) is 6.82. The van der Waals surface area contributed by atoms with Crippen molar-refractivity contribution in [2.75, 3.05) is 46.0 Å². The largest absolute Gasteiger partial charge is 0.373 e. The predicted octanol–water partition coefficient (Wildman–Crippen LogP) is 0.553. The second kappa shape index (κ2) is 9.12. The van der Waals surface area contributed by atoms with Crippen LogP contribution < -0.4 is 5.73 Å². The smallest absolute Gasteiger partial charge is 0.249 e. The molecule has 0 radical (unpaired) electrons.